The van der Waals surface area contributed by atoms with Crippen molar-refractivity contribution in [1.82, 2.24) is 5.43 Å². The first kappa shape index (κ1) is 29.4. The van der Waals surface area contributed by atoms with E-state index in [0.29, 0.717) is 43.2 Å². The maximum Gasteiger partial charge on any atom is 0.341 e. The molecular weight excluding hydrogens is 577 g/mol. The standard InChI is InChI=1S/C28H27Cl2N3O6S/c1-3-38-28(36)24-17-7-4-5-10-23(17)40-27(24)32-25(34)26(35)33-31-14-16-11-12-21(22(13-16)37-2)39-15-18-19(29)8-6-9-20(18)30/h6,8-9,11-14H,3-5,7,10,15H2,1-2H3,(H,32,34)(H,33,35)/b31-14+. The minimum Gasteiger partial charge on any atom is -0.493 e. The van der Waals surface area contributed by atoms with Gasteiger partial charge in [-0.2, -0.15) is 5.10 Å². The molecule has 0 radical (unpaired) electrons. The molecule has 3 aromatic rings. The van der Waals surface area contributed by atoms with Crippen LogP contribution in [0, 0.1) is 0 Å². The van der Waals surface area contributed by atoms with E-state index in [9.17, 15) is 14.4 Å². The van der Waals surface area contributed by atoms with Crippen molar-refractivity contribution in [3.05, 3.63) is 73.6 Å². The fourth-order valence-electron chi connectivity index (χ4n) is 4.15. The maximum absolute atomic E-state index is 12.6. The van der Waals surface area contributed by atoms with E-state index in [0.717, 1.165) is 36.1 Å². The topological polar surface area (TPSA) is 115 Å². The van der Waals surface area contributed by atoms with Crippen LogP contribution >= 0.6 is 34.5 Å². The first-order valence-corrected chi connectivity index (χ1v) is 14.1. The summed E-state index contributed by atoms with van der Waals surface area (Å²) in [7, 11) is 1.49. The molecule has 40 heavy (non-hydrogen) atoms. The van der Waals surface area contributed by atoms with Gasteiger partial charge in [0.25, 0.3) is 0 Å². The maximum atomic E-state index is 12.6. The van der Waals surface area contributed by atoms with Crippen LogP contribution in [-0.4, -0.2) is 37.7 Å². The van der Waals surface area contributed by atoms with E-state index >= 15 is 0 Å². The lowest BCUT2D eigenvalue weighted by molar-refractivity contribution is -0.136. The molecule has 0 saturated heterocycles. The predicted octanol–water partition coefficient (Wildman–Crippen LogP) is 5.79. The number of thiophene rings is 1. The van der Waals surface area contributed by atoms with Crippen LogP contribution in [0.15, 0.2) is 41.5 Å². The minimum absolute atomic E-state index is 0.137. The van der Waals surface area contributed by atoms with E-state index in [-0.39, 0.29) is 13.2 Å². The molecule has 0 atom stereocenters. The number of aryl methyl sites for hydroxylation is 1. The van der Waals surface area contributed by atoms with Crippen LogP contribution in [0.1, 0.15) is 51.7 Å². The van der Waals surface area contributed by atoms with Gasteiger partial charge in [0.05, 0.1) is 25.5 Å². The summed E-state index contributed by atoms with van der Waals surface area (Å²) in [5.41, 5.74) is 4.65. The van der Waals surface area contributed by atoms with Crippen molar-refractivity contribution in [2.75, 3.05) is 19.0 Å². The second kappa shape index (κ2) is 13.6. The third kappa shape index (κ3) is 6.93. The number of nitrogens with one attached hydrogen (secondary N) is 2. The molecule has 0 bridgehead atoms. The quantitative estimate of drug-likeness (QED) is 0.138. The summed E-state index contributed by atoms with van der Waals surface area (Å²) in [4.78, 5) is 38.6. The fraction of sp³-hybridized carbons (Fsp3) is 0.286. The summed E-state index contributed by atoms with van der Waals surface area (Å²) in [6.07, 6.45) is 4.86. The van der Waals surface area contributed by atoms with Crippen molar-refractivity contribution in [2.24, 2.45) is 5.10 Å². The van der Waals surface area contributed by atoms with E-state index in [1.807, 2.05) is 0 Å². The van der Waals surface area contributed by atoms with Crippen molar-refractivity contribution < 1.29 is 28.6 Å². The number of nitrogens with zero attached hydrogens (tertiary/aromatic N) is 1. The number of rotatable bonds is 9. The van der Waals surface area contributed by atoms with Crippen LogP contribution in [0.3, 0.4) is 0 Å². The van der Waals surface area contributed by atoms with Gasteiger partial charge in [-0.3, -0.25) is 9.59 Å². The van der Waals surface area contributed by atoms with Crippen LogP contribution in [0.5, 0.6) is 11.5 Å². The molecule has 9 nitrogen and oxygen atoms in total. The van der Waals surface area contributed by atoms with E-state index in [4.69, 9.17) is 37.4 Å². The molecule has 0 fully saturated rings. The van der Waals surface area contributed by atoms with E-state index in [1.54, 1.807) is 43.3 Å². The molecule has 1 aliphatic carbocycles. The summed E-state index contributed by atoms with van der Waals surface area (Å²) in [6.45, 7) is 2.06. The Hall–Kier alpha value is -3.60. The number of amides is 2. The molecule has 12 heteroatoms. The van der Waals surface area contributed by atoms with Crippen molar-refractivity contribution >= 4 is 63.5 Å². The van der Waals surface area contributed by atoms with Gasteiger partial charge in [-0.15, -0.1) is 11.3 Å². The lowest BCUT2D eigenvalue weighted by atomic mass is 9.95. The predicted molar refractivity (Wildman–Crippen MR) is 155 cm³/mol. The number of anilines is 1. The Labute approximate surface area is 245 Å². The number of fused-ring (bicyclic) bond motifs is 1. The lowest BCUT2D eigenvalue weighted by Gasteiger charge is -2.13. The van der Waals surface area contributed by atoms with Gasteiger partial charge in [0.2, 0.25) is 0 Å². The number of carbonyl (C=O) groups excluding carboxylic acids is 3. The molecule has 2 aromatic carbocycles. The van der Waals surface area contributed by atoms with E-state index < -0.39 is 17.8 Å². The van der Waals surface area contributed by atoms with Crippen molar-refractivity contribution in [1.29, 1.82) is 0 Å². The molecule has 1 heterocycles. The molecule has 1 aromatic heterocycles. The van der Waals surface area contributed by atoms with Crippen molar-refractivity contribution in [3.8, 4) is 11.5 Å². The zero-order chi connectivity index (χ0) is 28.6. The Bertz CT molecular complexity index is 1440. The number of hydrazone groups is 1. The first-order chi connectivity index (χ1) is 19.3. The second-order valence-corrected chi connectivity index (χ2v) is 10.6. The van der Waals surface area contributed by atoms with Gasteiger partial charge in [-0.05, 0) is 74.1 Å². The number of methoxy groups -OCH3 is 1. The summed E-state index contributed by atoms with van der Waals surface area (Å²) in [5, 5.41) is 7.72. The van der Waals surface area contributed by atoms with Gasteiger partial charge in [0.1, 0.15) is 11.6 Å². The number of benzene rings is 2. The van der Waals surface area contributed by atoms with E-state index in [2.05, 4.69) is 15.8 Å². The van der Waals surface area contributed by atoms with Crippen molar-refractivity contribution in [2.45, 2.75) is 39.2 Å². The van der Waals surface area contributed by atoms with Gasteiger partial charge in [0.15, 0.2) is 11.5 Å². The molecule has 0 unspecified atom stereocenters. The van der Waals surface area contributed by atoms with Crippen LogP contribution in [0.25, 0.3) is 0 Å². The minimum atomic E-state index is -0.985. The number of hydrogen-bond donors (Lipinski definition) is 2. The Morgan fingerprint density at radius 3 is 2.52 bits per heavy atom. The SMILES string of the molecule is CCOC(=O)c1c(NC(=O)C(=O)N/N=C/c2ccc(OCc3c(Cl)cccc3Cl)c(OC)c2)sc2c1CCCC2. The van der Waals surface area contributed by atoms with Gasteiger partial charge in [-0.25, -0.2) is 10.2 Å². The average molecular weight is 605 g/mol. The molecule has 1 aliphatic rings. The number of esters is 1. The Morgan fingerprint density at radius 1 is 1.05 bits per heavy atom. The number of ether oxygens (including phenoxy) is 3. The molecular formula is C28H27Cl2N3O6S. The highest BCUT2D eigenvalue weighted by Crippen LogP contribution is 2.38. The number of carbonyl (C=O) groups is 3. The molecule has 0 aliphatic heterocycles. The molecule has 2 amide bonds. The van der Waals surface area contributed by atoms with Gasteiger partial charge >= 0.3 is 17.8 Å². The van der Waals surface area contributed by atoms with Crippen LogP contribution in [-0.2, 0) is 33.8 Å². The molecule has 0 saturated carbocycles. The highest BCUT2D eigenvalue weighted by Gasteiger charge is 2.28. The van der Waals surface area contributed by atoms with Gasteiger partial charge in [0, 0.05) is 20.5 Å². The zero-order valence-corrected chi connectivity index (χ0v) is 24.2. The molecule has 2 N–H and O–H groups in total. The third-order valence-electron chi connectivity index (χ3n) is 6.09. The van der Waals surface area contributed by atoms with E-state index in [1.165, 1.54) is 24.7 Å². The Balaban J connectivity index is 1.38. The summed E-state index contributed by atoms with van der Waals surface area (Å²) < 4.78 is 16.4. The Kier molecular flexibility index (Phi) is 10.0. The van der Waals surface area contributed by atoms with Crippen molar-refractivity contribution in [3.63, 3.8) is 0 Å². The summed E-state index contributed by atoms with van der Waals surface area (Å²) in [6, 6.07) is 10.2. The highest BCUT2D eigenvalue weighted by atomic mass is 35.5. The zero-order valence-electron chi connectivity index (χ0n) is 21.8. The van der Waals surface area contributed by atoms with Crippen LogP contribution < -0.4 is 20.2 Å². The second-order valence-electron chi connectivity index (χ2n) is 8.69. The van der Waals surface area contributed by atoms with Gasteiger partial charge < -0.3 is 19.5 Å². The first-order valence-electron chi connectivity index (χ1n) is 12.5. The molecule has 210 valence electrons. The molecule has 0 spiro atoms. The van der Waals surface area contributed by atoms with Crippen LogP contribution in [0.2, 0.25) is 10.0 Å². The fourth-order valence-corrected chi connectivity index (χ4v) is 5.93. The monoisotopic (exact) mass is 603 g/mol. The number of hydrogen-bond acceptors (Lipinski definition) is 8. The average Bonchev–Trinajstić information content (AvgIpc) is 3.31. The normalized spacial score (nSPS) is 12.5. The molecule has 4 rings (SSSR count). The van der Waals surface area contributed by atoms with Gasteiger partial charge in [-0.1, -0.05) is 29.3 Å². The summed E-state index contributed by atoms with van der Waals surface area (Å²) in [5.74, 6) is -1.56. The lowest BCUT2D eigenvalue weighted by Crippen LogP contribution is -2.32. The smallest absolute Gasteiger partial charge is 0.341 e. The third-order valence-corrected chi connectivity index (χ3v) is 8.00. The number of halogens is 2. The highest BCUT2D eigenvalue weighted by molar-refractivity contribution is 7.17. The van der Waals surface area contributed by atoms with Crippen LogP contribution in [0.4, 0.5) is 5.00 Å². The Morgan fingerprint density at radius 2 is 1.80 bits per heavy atom. The summed E-state index contributed by atoms with van der Waals surface area (Å²) >= 11 is 13.7. The largest absolute Gasteiger partial charge is 0.493 e.